The largest absolute Gasteiger partial charge is 0.508 e. The second kappa shape index (κ2) is 19.1. The number of phenols is 1. The van der Waals surface area contributed by atoms with E-state index in [1.807, 2.05) is 0 Å². The van der Waals surface area contributed by atoms with Crippen LogP contribution in [0, 0.1) is 0 Å². The summed E-state index contributed by atoms with van der Waals surface area (Å²) in [5.74, 6) is -3.54. The monoisotopic (exact) mass is 640 g/mol. The van der Waals surface area contributed by atoms with Crippen LogP contribution in [0.4, 0.5) is 0 Å². The predicted molar refractivity (Wildman–Crippen MR) is 173 cm³/mol. The Labute approximate surface area is 266 Å². The Balaban J connectivity index is 2.23. The molecule has 0 aliphatic rings. The first-order chi connectivity index (χ1) is 21.8. The molecule has 2 rings (SSSR count). The molecule has 4 unspecified atom stereocenters. The van der Waals surface area contributed by atoms with E-state index in [2.05, 4.69) is 25.9 Å². The Kier molecular flexibility index (Phi) is 15.3. The molecule has 0 aliphatic heterocycles. The quantitative estimate of drug-likeness (QED) is 0.0462. The van der Waals surface area contributed by atoms with Gasteiger partial charge in [-0.15, -0.1) is 0 Å². The van der Waals surface area contributed by atoms with Gasteiger partial charge in [-0.05, 0) is 55.4 Å². The summed E-state index contributed by atoms with van der Waals surface area (Å²) in [6.45, 7) is 0.315. The number of hydrogen-bond donors (Lipinski definition) is 10. The van der Waals surface area contributed by atoms with E-state index in [0.717, 1.165) is 5.56 Å². The van der Waals surface area contributed by atoms with Crippen molar-refractivity contribution in [3.8, 4) is 5.75 Å². The van der Waals surface area contributed by atoms with E-state index in [4.69, 9.17) is 28.7 Å². The van der Waals surface area contributed by atoms with E-state index in [-0.39, 0.29) is 69.3 Å². The summed E-state index contributed by atoms with van der Waals surface area (Å²) in [5.41, 5.74) is 29.0. The first-order valence-corrected chi connectivity index (χ1v) is 14.7. The second-order valence-corrected chi connectivity index (χ2v) is 10.6. The molecule has 46 heavy (non-hydrogen) atoms. The molecule has 0 fully saturated rings. The fraction of sp³-hybridized carbons (Fsp3) is 0.400. The maximum Gasteiger partial charge on any atom is 0.326 e. The first kappa shape index (κ1) is 36.8. The van der Waals surface area contributed by atoms with Crippen LogP contribution < -0.4 is 44.6 Å². The summed E-state index contributed by atoms with van der Waals surface area (Å²) >= 11 is 0. The van der Waals surface area contributed by atoms with Crippen LogP contribution in [0.25, 0.3) is 0 Å². The molecule has 15 N–H and O–H groups in total. The van der Waals surface area contributed by atoms with E-state index in [1.54, 1.807) is 42.5 Å². The van der Waals surface area contributed by atoms with Crippen molar-refractivity contribution >= 4 is 35.6 Å². The number of aliphatic imine (C=N–C) groups is 2. The van der Waals surface area contributed by atoms with Crippen molar-refractivity contribution in [1.29, 1.82) is 0 Å². The van der Waals surface area contributed by atoms with Crippen molar-refractivity contribution in [2.75, 3.05) is 13.1 Å². The predicted octanol–water partition coefficient (Wildman–Crippen LogP) is -1.85. The van der Waals surface area contributed by atoms with Gasteiger partial charge >= 0.3 is 5.97 Å². The van der Waals surface area contributed by atoms with Crippen LogP contribution in [0.2, 0.25) is 0 Å². The molecule has 2 aromatic rings. The van der Waals surface area contributed by atoms with Crippen LogP contribution in [-0.4, -0.2) is 83.1 Å². The minimum atomic E-state index is -1.28. The lowest BCUT2D eigenvalue weighted by Crippen LogP contribution is -2.57. The van der Waals surface area contributed by atoms with Gasteiger partial charge in [-0.25, -0.2) is 4.79 Å². The fourth-order valence-corrected chi connectivity index (χ4v) is 4.39. The first-order valence-electron chi connectivity index (χ1n) is 14.7. The van der Waals surface area contributed by atoms with E-state index in [9.17, 15) is 29.4 Å². The summed E-state index contributed by atoms with van der Waals surface area (Å²) in [4.78, 5) is 59.7. The molecule has 4 atom stereocenters. The highest BCUT2D eigenvalue weighted by atomic mass is 16.4. The molecule has 0 aromatic heterocycles. The molecule has 0 aliphatic carbocycles. The SMILES string of the molecule is NC(N)=NCCCC(NC(=O)C(CCCN=C(N)N)NC(=O)C(Cc1ccccc1)NC(=O)C(N)Cc1ccc(O)cc1)C(=O)O. The molecule has 0 spiro atoms. The number of nitrogens with one attached hydrogen (secondary N) is 3. The van der Waals surface area contributed by atoms with E-state index >= 15 is 0 Å². The van der Waals surface area contributed by atoms with Gasteiger partial charge in [0, 0.05) is 19.5 Å². The topological polar surface area (TPSA) is 300 Å². The van der Waals surface area contributed by atoms with Gasteiger partial charge in [0.1, 0.15) is 23.9 Å². The highest BCUT2D eigenvalue weighted by Gasteiger charge is 2.30. The highest BCUT2D eigenvalue weighted by molar-refractivity contribution is 5.94. The number of rotatable bonds is 19. The number of aliphatic carboxylic acids is 1. The zero-order valence-electron chi connectivity index (χ0n) is 25.5. The number of carboxylic acid groups (broad SMARTS) is 1. The highest BCUT2D eigenvalue weighted by Crippen LogP contribution is 2.12. The molecule has 3 amide bonds. The van der Waals surface area contributed by atoms with Gasteiger partial charge < -0.3 is 54.8 Å². The number of aromatic hydroxyl groups is 1. The van der Waals surface area contributed by atoms with Gasteiger partial charge in [0.05, 0.1) is 6.04 Å². The number of guanidine groups is 2. The lowest BCUT2D eigenvalue weighted by molar-refractivity contribution is -0.142. The number of carbonyl (C=O) groups excluding carboxylic acids is 3. The van der Waals surface area contributed by atoms with Gasteiger partial charge in [-0.1, -0.05) is 42.5 Å². The number of carbonyl (C=O) groups is 4. The summed E-state index contributed by atoms with van der Waals surface area (Å²) in [5, 5.41) is 27.0. The number of amides is 3. The number of nitrogens with two attached hydrogens (primary N) is 5. The molecule has 16 heteroatoms. The van der Waals surface area contributed by atoms with Crippen molar-refractivity contribution in [3.05, 3.63) is 65.7 Å². The molecule has 16 nitrogen and oxygen atoms in total. The Bertz CT molecular complexity index is 1350. The van der Waals surface area contributed by atoms with Gasteiger partial charge in [-0.3, -0.25) is 24.4 Å². The Hall–Kier alpha value is -5.38. The van der Waals surface area contributed by atoms with Crippen LogP contribution in [0.3, 0.4) is 0 Å². The lowest BCUT2D eigenvalue weighted by atomic mass is 10.0. The van der Waals surface area contributed by atoms with Crippen LogP contribution >= 0.6 is 0 Å². The Morgan fingerprint density at radius 1 is 0.652 bits per heavy atom. The average molecular weight is 641 g/mol. The number of hydrogen-bond acceptors (Lipinski definition) is 8. The molecule has 0 heterocycles. The number of benzene rings is 2. The van der Waals surface area contributed by atoms with Crippen LogP contribution in [0.5, 0.6) is 5.75 Å². The number of carboxylic acids is 1. The van der Waals surface area contributed by atoms with Crippen LogP contribution in [0.1, 0.15) is 36.8 Å². The third-order valence-electron chi connectivity index (χ3n) is 6.78. The van der Waals surface area contributed by atoms with Gasteiger partial charge in [-0.2, -0.15) is 0 Å². The third-order valence-corrected chi connectivity index (χ3v) is 6.78. The lowest BCUT2D eigenvalue weighted by Gasteiger charge is -2.25. The molecule has 0 saturated heterocycles. The molecule has 250 valence electrons. The molecule has 0 saturated carbocycles. The smallest absolute Gasteiger partial charge is 0.326 e. The standard InChI is InChI=1S/C30H44N10O6/c31-21(16-19-10-12-20(41)13-11-19)25(42)40-24(17-18-6-2-1-3-7-18)27(44)38-22(8-4-14-36-29(32)33)26(43)39-23(28(45)46)9-5-15-37-30(34)35/h1-3,6-7,10-13,21-24,41H,4-5,8-9,14-17,31H2,(H,38,44)(H,39,43)(H,40,42)(H,45,46)(H4,32,33,36)(H4,34,35,37). The zero-order chi connectivity index (χ0) is 34.1. The molecular formula is C30H44N10O6. The summed E-state index contributed by atoms with van der Waals surface area (Å²) < 4.78 is 0. The zero-order valence-corrected chi connectivity index (χ0v) is 25.5. The van der Waals surface area contributed by atoms with E-state index in [1.165, 1.54) is 12.1 Å². The fourth-order valence-electron chi connectivity index (χ4n) is 4.39. The molecular weight excluding hydrogens is 596 g/mol. The van der Waals surface area contributed by atoms with Crippen molar-refractivity contribution in [3.63, 3.8) is 0 Å². The summed E-state index contributed by atoms with van der Waals surface area (Å²) in [7, 11) is 0. The number of phenolic OH excluding ortho intramolecular Hbond substituents is 1. The van der Waals surface area contributed by atoms with Crippen molar-refractivity contribution < 1.29 is 29.4 Å². The van der Waals surface area contributed by atoms with Gasteiger partial charge in [0.2, 0.25) is 17.7 Å². The van der Waals surface area contributed by atoms with E-state index < -0.39 is 47.9 Å². The van der Waals surface area contributed by atoms with Crippen molar-refractivity contribution in [2.24, 2.45) is 38.7 Å². The normalized spacial score (nSPS) is 13.2. The Morgan fingerprint density at radius 3 is 1.67 bits per heavy atom. The van der Waals surface area contributed by atoms with Gasteiger partial charge in [0.25, 0.3) is 0 Å². The number of nitrogens with zero attached hydrogens (tertiary/aromatic N) is 2. The van der Waals surface area contributed by atoms with Gasteiger partial charge in [0.15, 0.2) is 11.9 Å². The maximum absolute atomic E-state index is 13.7. The minimum Gasteiger partial charge on any atom is -0.508 e. The molecule has 2 aromatic carbocycles. The van der Waals surface area contributed by atoms with Crippen LogP contribution in [0.15, 0.2) is 64.6 Å². The summed E-state index contributed by atoms with van der Waals surface area (Å²) in [6.07, 6.45) is 0.841. The van der Waals surface area contributed by atoms with E-state index in [0.29, 0.717) is 5.56 Å². The third kappa shape index (κ3) is 13.9. The second-order valence-electron chi connectivity index (χ2n) is 10.6. The van der Waals surface area contributed by atoms with Crippen molar-refractivity contribution in [2.45, 2.75) is 62.7 Å². The van der Waals surface area contributed by atoms with Crippen LogP contribution in [-0.2, 0) is 32.0 Å². The molecule has 0 radical (unpaired) electrons. The molecule has 0 bridgehead atoms. The average Bonchev–Trinajstić information content (AvgIpc) is 3.00. The maximum atomic E-state index is 13.7. The Morgan fingerprint density at radius 2 is 1.13 bits per heavy atom. The minimum absolute atomic E-state index is 0.0259. The summed E-state index contributed by atoms with van der Waals surface area (Å²) in [6, 6.07) is 10.5. The van der Waals surface area contributed by atoms with Crippen molar-refractivity contribution in [1.82, 2.24) is 16.0 Å².